The number of amides is 2. The average molecular weight is 294 g/mol. The fourth-order valence-electron chi connectivity index (χ4n) is 2.16. The monoisotopic (exact) mass is 294 g/mol. The van der Waals surface area contributed by atoms with E-state index in [9.17, 15) is 14.7 Å². The van der Waals surface area contributed by atoms with Crippen LogP contribution in [-0.2, 0) is 0 Å². The van der Waals surface area contributed by atoms with E-state index in [-0.39, 0.29) is 17.6 Å². The maximum absolute atomic E-state index is 12.3. The van der Waals surface area contributed by atoms with E-state index in [1.54, 1.807) is 23.1 Å². The number of carboxylic acid groups (broad SMARTS) is 1. The summed E-state index contributed by atoms with van der Waals surface area (Å²) in [6.45, 7) is 4.51. The Hall–Kier alpha value is -1.69. The Morgan fingerprint density at radius 1 is 1.45 bits per heavy atom. The molecular weight excluding hydrogens is 276 g/mol. The normalized spacial score (nSPS) is 18.7. The highest BCUT2D eigenvalue weighted by Crippen LogP contribution is 2.21. The van der Waals surface area contributed by atoms with Gasteiger partial charge in [0, 0.05) is 24.1 Å². The van der Waals surface area contributed by atoms with Crippen LogP contribution in [0.5, 0.6) is 0 Å². The van der Waals surface area contributed by atoms with Crippen molar-refractivity contribution in [2.45, 2.75) is 19.9 Å². The Labute approximate surface area is 122 Å². The number of carbonyl (C=O) groups excluding carboxylic acids is 1. The van der Waals surface area contributed by atoms with Gasteiger partial charge in [0.15, 0.2) is 0 Å². The zero-order valence-corrected chi connectivity index (χ0v) is 12.4. The van der Waals surface area contributed by atoms with Crippen molar-refractivity contribution < 1.29 is 14.7 Å². The third kappa shape index (κ3) is 3.25. The fraction of sp³-hybridized carbons (Fsp3) is 0.429. The molecule has 2 rings (SSSR count). The van der Waals surface area contributed by atoms with Crippen molar-refractivity contribution in [3.8, 4) is 0 Å². The van der Waals surface area contributed by atoms with Crippen molar-refractivity contribution in [3.05, 3.63) is 29.3 Å². The van der Waals surface area contributed by atoms with Gasteiger partial charge in [-0.2, -0.15) is 11.8 Å². The van der Waals surface area contributed by atoms with Crippen LogP contribution in [0.2, 0.25) is 0 Å². The number of carboxylic acids is 1. The van der Waals surface area contributed by atoms with E-state index >= 15 is 0 Å². The van der Waals surface area contributed by atoms with Crippen LogP contribution < -0.4 is 5.32 Å². The summed E-state index contributed by atoms with van der Waals surface area (Å²) in [5, 5.41) is 11.9. The summed E-state index contributed by atoms with van der Waals surface area (Å²) in [6, 6.07) is 4.92. The number of benzene rings is 1. The van der Waals surface area contributed by atoms with E-state index in [2.05, 4.69) is 5.32 Å². The number of aromatic carboxylic acids is 1. The highest BCUT2D eigenvalue weighted by Gasteiger charge is 2.24. The number of hydrogen-bond acceptors (Lipinski definition) is 3. The molecule has 1 aromatic carbocycles. The van der Waals surface area contributed by atoms with Crippen LogP contribution in [0.25, 0.3) is 0 Å². The van der Waals surface area contributed by atoms with Gasteiger partial charge in [-0.15, -0.1) is 0 Å². The summed E-state index contributed by atoms with van der Waals surface area (Å²) in [6.07, 6.45) is 0. The molecule has 20 heavy (non-hydrogen) atoms. The predicted octanol–water partition coefficient (Wildman–Crippen LogP) is 2.66. The minimum absolute atomic E-state index is 0.123. The first-order chi connectivity index (χ1) is 9.49. The smallest absolute Gasteiger partial charge is 0.337 e. The van der Waals surface area contributed by atoms with Gasteiger partial charge in [0.1, 0.15) is 0 Å². The summed E-state index contributed by atoms with van der Waals surface area (Å²) >= 11 is 1.82. The lowest BCUT2D eigenvalue weighted by Crippen LogP contribution is -2.46. The molecule has 1 aliphatic heterocycles. The van der Waals surface area contributed by atoms with Gasteiger partial charge in [-0.1, -0.05) is 11.6 Å². The van der Waals surface area contributed by atoms with Crippen LogP contribution in [0, 0.1) is 6.92 Å². The number of nitrogens with zero attached hydrogens (tertiary/aromatic N) is 1. The third-order valence-electron chi connectivity index (χ3n) is 3.28. The molecule has 6 heteroatoms. The second-order valence-electron chi connectivity index (χ2n) is 4.90. The summed E-state index contributed by atoms with van der Waals surface area (Å²) in [5.74, 6) is 0.788. The number of rotatable bonds is 2. The van der Waals surface area contributed by atoms with Crippen LogP contribution in [0.4, 0.5) is 10.5 Å². The number of hydrogen-bond donors (Lipinski definition) is 2. The molecular formula is C14H18N2O3S. The van der Waals surface area contributed by atoms with Crippen LogP contribution in [0.3, 0.4) is 0 Å². The Balaban J connectivity index is 2.17. The van der Waals surface area contributed by atoms with Crippen LogP contribution in [-0.4, -0.2) is 46.1 Å². The number of urea groups is 1. The summed E-state index contributed by atoms with van der Waals surface area (Å²) in [4.78, 5) is 25.2. The van der Waals surface area contributed by atoms with Gasteiger partial charge < -0.3 is 15.3 Å². The molecule has 1 fully saturated rings. The third-order valence-corrected chi connectivity index (χ3v) is 4.46. The van der Waals surface area contributed by atoms with E-state index in [4.69, 9.17) is 0 Å². The molecule has 0 aliphatic carbocycles. The SMILES string of the molecule is Cc1ccc(NC(=O)N2CCSCC2C)c(C(=O)O)c1. The predicted molar refractivity (Wildman–Crippen MR) is 80.7 cm³/mol. The molecule has 0 saturated carbocycles. The molecule has 108 valence electrons. The number of nitrogens with one attached hydrogen (secondary N) is 1. The summed E-state index contributed by atoms with van der Waals surface area (Å²) in [5.41, 5.74) is 1.32. The first-order valence-electron chi connectivity index (χ1n) is 6.48. The van der Waals surface area contributed by atoms with E-state index in [1.807, 2.05) is 25.6 Å². The number of anilines is 1. The Morgan fingerprint density at radius 2 is 2.20 bits per heavy atom. The standard InChI is InChI=1S/C14H18N2O3S/c1-9-3-4-12(11(7-9)13(17)18)15-14(19)16-5-6-20-8-10(16)2/h3-4,7,10H,5-6,8H2,1-2H3,(H,15,19)(H,17,18). The highest BCUT2D eigenvalue weighted by atomic mass is 32.2. The summed E-state index contributed by atoms with van der Waals surface area (Å²) < 4.78 is 0. The molecule has 1 aliphatic rings. The van der Waals surface area contributed by atoms with Crippen molar-refractivity contribution in [3.63, 3.8) is 0 Å². The number of carbonyl (C=O) groups is 2. The van der Waals surface area contributed by atoms with Gasteiger partial charge in [-0.3, -0.25) is 0 Å². The molecule has 0 bridgehead atoms. The Bertz CT molecular complexity index is 533. The molecule has 1 aromatic rings. The first-order valence-corrected chi connectivity index (χ1v) is 7.64. The maximum Gasteiger partial charge on any atom is 0.337 e. The van der Waals surface area contributed by atoms with Crippen molar-refractivity contribution in [1.29, 1.82) is 0 Å². The van der Waals surface area contributed by atoms with Crippen molar-refractivity contribution in [1.82, 2.24) is 4.90 Å². The molecule has 1 atom stereocenters. The zero-order valence-electron chi connectivity index (χ0n) is 11.5. The lowest BCUT2D eigenvalue weighted by Gasteiger charge is -2.33. The Morgan fingerprint density at radius 3 is 2.85 bits per heavy atom. The minimum atomic E-state index is -1.04. The van der Waals surface area contributed by atoms with Gasteiger partial charge in [-0.25, -0.2) is 9.59 Å². The summed E-state index contributed by atoms with van der Waals surface area (Å²) in [7, 11) is 0. The minimum Gasteiger partial charge on any atom is -0.478 e. The molecule has 1 heterocycles. The molecule has 5 nitrogen and oxygen atoms in total. The topological polar surface area (TPSA) is 69.6 Å². The molecule has 2 N–H and O–H groups in total. The maximum atomic E-state index is 12.3. The molecule has 2 amide bonds. The van der Waals surface area contributed by atoms with Gasteiger partial charge >= 0.3 is 12.0 Å². The van der Waals surface area contributed by atoms with E-state index in [0.717, 1.165) is 17.1 Å². The van der Waals surface area contributed by atoms with Crippen molar-refractivity contribution in [2.24, 2.45) is 0 Å². The fourth-order valence-corrected chi connectivity index (χ4v) is 3.17. The number of thioether (sulfide) groups is 1. The van der Waals surface area contributed by atoms with E-state index in [1.165, 1.54) is 0 Å². The van der Waals surface area contributed by atoms with Gasteiger partial charge in [0.2, 0.25) is 0 Å². The van der Waals surface area contributed by atoms with Crippen LogP contribution in [0.15, 0.2) is 18.2 Å². The first kappa shape index (κ1) is 14.7. The zero-order chi connectivity index (χ0) is 14.7. The van der Waals surface area contributed by atoms with Gasteiger partial charge in [0.25, 0.3) is 0 Å². The molecule has 0 aromatic heterocycles. The van der Waals surface area contributed by atoms with Gasteiger partial charge in [-0.05, 0) is 26.0 Å². The van der Waals surface area contributed by atoms with Crippen LogP contribution >= 0.6 is 11.8 Å². The molecule has 0 radical (unpaired) electrons. The largest absolute Gasteiger partial charge is 0.478 e. The van der Waals surface area contributed by atoms with E-state index < -0.39 is 5.97 Å². The molecule has 0 spiro atoms. The molecule has 1 saturated heterocycles. The average Bonchev–Trinajstić information content (AvgIpc) is 2.41. The Kier molecular flexibility index (Phi) is 4.54. The van der Waals surface area contributed by atoms with Crippen molar-refractivity contribution in [2.75, 3.05) is 23.4 Å². The second kappa shape index (κ2) is 6.17. The highest BCUT2D eigenvalue weighted by molar-refractivity contribution is 7.99. The van der Waals surface area contributed by atoms with Crippen LogP contribution in [0.1, 0.15) is 22.8 Å². The van der Waals surface area contributed by atoms with Crippen molar-refractivity contribution >= 4 is 29.4 Å². The molecule has 1 unspecified atom stereocenters. The second-order valence-corrected chi connectivity index (χ2v) is 6.05. The van der Waals surface area contributed by atoms with Gasteiger partial charge in [0.05, 0.1) is 11.3 Å². The van der Waals surface area contributed by atoms with E-state index in [0.29, 0.717) is 12.2 Å². The lowest BCUT2D eigenvalue weighted by molar-refractivity contribution is 0.0698. The number of aryl methyl sites for hydroxylation is 1. The lowest BCUT2D eigenvalue weighted by atomic mass is 10.1. The quantitative estimate of drug-likeness (QED) is 0.880.